The zero-order valence-electron chi connectivity index (χ0n) is 9.94. The third-order valence-corrected chi connectivity index (χ3v) is 5.45. The van der Waals surface area contributed by atoms with Crippen molar-refractivity contribution in [1.29, 1.82) is 0 Å². The highest BCUT2D eigenvalue weighted by Crippen LogP contribution is 2.36. The second-order valence-electron chi connectivity index (χ2n) is 4.13. The average Bonchev–Trinajstić information content (AvgIpc) is 2.88. The highest BCUT2D eigenvalue weighted by molar-refractivity contribution is 8.06. The van der Waals surface area contributed by atoms with E-state index in [1.54, 1.807) is 0 Å². The molecule has 5 nitrogen and oxygen atoms in total. The molecule has 2 heterocycles. The molecule has 3 rings (SSSR count). The van der Waals surface area contributed by atoms with E-state index in [2.05, 4.69) is 10.1 Å². The molecular formula is C12H12N2O3S2. The summed E-state index contributed by atoms with van der Waals surface area (Å²) in [6.07, 6.45) is 0. The van der Waals surface area contributed by atoms with Gasteiger partial charge in [-0.15, -0.1) is 11.8 Å². The van der Waals surface area contributed by atoms with Gasteiger partial charge in [0.1, 0.15) is 11.5 Å². The average molecular weight is 296 g/mol. The van der Waals surface area contributed by atoms with Crippen molar-refractivity contribution in [1.82, 2.24) is 10.1 Å². The number of nitrogens with zero attached hydrogens (tertiary/aromatic N) is 2. The van der Waals surface area contributed by atoms with E-state index in [1.807, 2.05) is 23.5 Å². The lowest BCUT2D eigenvalue weighted by Gasteiger charge is -2.16. The number of phenols is 2. The molecule has 19 heavy (non-hydrogen) atoms. The summed E-state index contributed by atoms with van der Waals surface area (Å²) in [6.45, 7) is 0. The molecular weight excluding hydrogens is 284 g/mol. The molecule has 1 atom stereocenters. The van der Waals surface area contributed by atoms with Crippen LogP contribution in [-0.4, -0.2) is 37.6 Å². The first-order valence-electron chi connectivity index (χ1n) is 5.79. The van der Waals surface area contributed by atoms with Gasteiger partial charge in [0, 0.05) is 28.9 Å². The summed E-state index contributed by atoms with van der Waals surface area (Å²) in [5, 5.41) is 23.2. The van der Waals surface area contributed by atoms with E-state index in [1.165, 1.54) is 18.2 Å². The van der Waals surface area contributed by atoms with Gasteiger partial charge < -0.3 is 14.7 Å². The van der Waals surface area contributed by atoms with Crippen molar-refractivity contribution in [2.75, 3.05) is 17.3 Å². The van der Waals surface area contributed by atoms with Crippen molar-refractivity contribution in [2.45, 2.75) is 5.25 Å². The minimum Gasteiger partial charge on any atom is -0.508 e. The van der Waals surface area contributed by atoms with Crippen LogP contribution in [0, 0.1) is 0 Å². The maximum Gasteiger partial charge on any atom is 0.258 e. The van der Waals surface area contributed by atoms with Crippen LogP contribution < -0.4 is 0 Å². The Hall–Kier alpha value is -1.34. The third kappa shape index (κ3) is 2.82. The van der Waals surface area contributed by atoms with E-state index in [0.717, 1.165) is 17.3 Å². The van der Waals surface area contributed by atoms with E-state index in [4.69, 9.17) is 4.52 Å². The molecule has 2 aromatic rings. The topological polar surface area (TPSA) is 79.4 Å². The van der Waals surface area contributed by atoms with Gasteiger partial charge in [-0.1, -0.05) is 5.16 Å². The highest BCUT2D eigenvalue weighted by Gasteiger charge is 2.22. The maximum absolute atomic E-state index is 9.45. The van der Waals surface area contributed by atoms with Gasteiger partial charge in [0.15, 0.2) is 5.82 Å². The smallest absolute Gasteiger partial charge is 0.258 e. The predicted octanol–water partition coefficient (Wildman–Crippen LogP) is 2.67. The van der Waals surface area contributed by atoms with Crippen LogP contribution in [0.15, 0.2) is 22.7 Å². The Labute approximate surface area is 118 Å². The van der Waals surface area contributed by atoms with Crippen LogP contribution in [0.5, 0.6) is 11.5 Å². The van der Waals surface area contributed by atoms with Crippen molar-refractivity contribution in [3.63, 3.8) is 0 Å². The fourth-order valence-corrected chi connectivity index (χ4v) is 4.43. The molecule has 100 valence electrons. The first kappa shape index (κ1) is 12.7. The van der Waals surface area contributed by atoms with E-state index >= 15 is 0 Å². The van der Waals surface area contributed by atoms with Crippen LogP contribution in [-0.2, 0) is 0 Å². The second kappa shape index (κ2) is 5.34. The van der Waals surface area contributed by atoms with E-state index < -0.39 is 0 Å². The van der Waals surface area contributed by atoms with Gasteiger partial charge in [0.05, 0.1) is 5.25 Å². The zero-order chi connectivity index (χ0) is 13.2. The van der Waals surface area contributed by atoms with Crippen LogP contribution in [0.3, 0.4) is 0 Å². The lowest BCUT2D eigenvalue weighted by molar-refractivity contribution is 0.420. The summed E-state index contributed by atoms with van der Waals surface area (Å²) in [4.78, 5) is 4.35. The first-order chi connectivity index (χ1) is 9.22. The van der Waals surface area contributed by atoms with E-state index in [0.29, 0.717) is 17.3 Å². The summed E-state index contributed by atoms with van der Waals surface area (Å²) in [5.74, 6) is 4.16. The molecule has 0 saturated carbocycles. The number of rotatable bonds is 2. The maximum atomic E-state index is 9.45. The van der Waals surface area contributed by atoms with Crippen LogP contribution in [0.2, 0.25) is 0 Å². The van der Waals surface area contributed by atoms with Gasteiger partial charge in [-0.2, -0.15) is 16.7 Å². The molecule has 0 amide bonds. The van der Waals surface area contributed by atoms with Gasteiger partial charge in [-0.3, -0.25) is 0 Å². The molecule has 7 heteroatoms. The second-order valence-corrected chi connectivity index (χ2v) is 6.59. The molecule has 0 radical (unpaired) electrons. The standard InChI is InChI=1S/C12H12N2O3S2/c15-8-3-7(4-9(16)5-8)12-13-11(14-17-12)10-6-18-1-2-19-10/h3-5,10,15-16H,1-2,6H2. The molecule has 0 spiro atoms. The van der Waals surface area contributed by atoms with Gasteiger partial charge in [-0.05, 0) is 12.1 Å². The molecule has 1 fully saturated rings. The molecule has 2 N–H and O–H groups in total. The number of benzene rings is 1. The molecule has 0 aliphatic carbocycles. The number of hydrogen-bond donors (Lipinski definition) is 2. The van der Waals surface area contributed by atoms with Gasteiger partial charge in [-0.25, -0.2) is 0 Å². The van der Waals surface area contributed by atoms with Gasteiger partial charge in [0.2, 0.25) is 0 Å². The monoisotopic (exact) mass is 296 g/mol. The van der Waals surface area contributed by atoms with Gasteiger partial charge >= 0.3 is 0 Å². The Bertz CT molecular complexity index is 562. The normalized spacial score (nSPS) is 19.5. The summed E-state index contributed by atoms with van der Waals surface area (Å²) in [5.41, 5.74) is 0.518. The van der Waals surface area contributed by atoms with Crippen molar-refractivity contribution in [3.8, 4) is 23.0 Å². The van der Waals surface area contributed by atoms with Crippen LogP contribution in [0.1, 0.15) is 11.1 Å². The SMILES string of the molecule is Oc1cc(O)cc(-c2nc(C3CSCCS3)no2)c1. The summed E-state index contributed by atoms with van der Waals surface area (Å²) in [7, 11) is 0. The Morgan fingerprint density at radius 3 is 2.63 bits per heavy atom. The summed E-state index contributed by atoms with van der Waals surface area (Å²) >= 11 is 3.71. The Balaban J connectivity index is 1.87. The molecule has 1 unspecified atom stereocenters. The molecule has 1 aromatic carbocycles. The van der Waals surface area contributed by atoms with Crippen LogP contribution in [0.4, 0.5) is 0 Å². The van der Waals surface area contributed by atoms with Crippen molar-refractivity contribution in [2.24, 2.45) is 0 Å². The Morgan fingerprint density at radius 2 is 1.95 bits per heavy atom. The Kier molecular flexibility index (Phi) is 3.56. The van der Waals surface area contributed by atoms with Crippen molar-refractivity contribution in [3.05, 3.63) is 24.0 Å². The molecule has 1 aliphatic rings. The fourth-order valence-electron chi connectivity index (χ4n) is 1.84. The van der Waals surface area contributed by atoms with E-state index in [-0.39, 0.29) is 16.7 Å². The van der Waals surface area contributed by atoms with Crippen LogP contribution in [0.25, 0.3) is 11.5 Å². The van der Waals surface area contributed by atoms with E-state index in [9.17, 15) is 10.2 Å². The number of aromatic nitrogens is 2. The molecule has 1 aromatic heterocycles. The quantitative estimate of drug-likeness (QED) is 0.882. The molecule has 0 bridgehead atoms. The number of thioether (sulfide) groups is 2. The largest absolute Gasteiger partial charge is 0.508 e. The fraction of sp³-hybridized carbons (Fsp3) is 0.333. The van der Waals surface area contributed by atoms with Gasteiger partial charge in [0.25, 0.3) is 5.89 Å². The van der Waals surface area contributed by atoms with Crippen LogP contribution >= 0.6 is 23.5 Å². The predicted molar refractivity (Wildman–Crippen MR) is 75.6 cm³/mol. The molecule has 1 aliphatic heterocycles. The van der Waals surface area contributed by atoms with Crippen molar-refractivity contribution < 1.29 is 14.7 Å². The summed E-state index contributed by atoms with van der Waals surface area (Å²) in [6, 6.07) is 4.23. The van der Waals surface area contributed by atoms with Crippen molar-refractivity contribution >= 4 is 23.5 Å². The molecule has 1 saturated heterocycles. The first-order valence-corrected chi connectivity index (χ1v) is 7.99. The highest BCUT2D eigenvalue weighted by atomic mass is 32.2. The summed E-state index contributed by atoms with van der Waals surface area (Å²) < 4.78 is 5.21. The lowest BCUT2D eigenvalue weighted by Crippen LogP contribution is -2.07. The Morgan fingerprint density at radius 1 is 1.16 bits per heavy atom. The lowest BCUT2D eigenvalue weighted by atomic mass is 10.2. The third-order valence-electron chi connectivity index (χ3n) is 2.70. The minimum absolute atomic E-state index is 0.0302. The number of phenolic OH excluding ortho intramolecular Hbond substituents is 2. The number of aromatic hydroxyl groups is 2. The number of hydrogen-bond acceptors (Lipinski definition) is 7. The zero-order valence-corrected chi connectivity index (χ0v) is 11.6. The minimum atomic E-state index is -0.0302.